The number of hydrogen-bond acceptors (Lipinski definition) is 7. The average molecular weight is 606 g/mol. The van der Waals surface area contributed by atoms with Gasteiger partial charge in [-0.2, -0.15) is 4.31 Å². The number of carbonyl (C=O) groups is 1. The molecule has 3 aliphatic rings. The van der Waals surface area contributed by atoms with E-state index in [9.17, 15) is 17.6 Å². The van der Waals surface area contributed by atoms with E-state index in [1.807, 2.05) is 0 Å². The van der Waals surface area contributed by atoms with E-state index >= 15 is 4.39 Å². The van der Waals surface area contributed by atoms with Crippen LogP contribution < -0.4 is 16.4 Å². The monoisotopic (exact) mass is 605 g/mol. The molecule has 12 heteroatoms. The Morgan fingerprint density at radius 2 is 1.90 bits per heavy atom. The second-order valence-corrected chi connectivity index (χ2v) is 13.9. The van der Waals surface area contributed by atoms with Crippen LogP contribution in [-0.4, -0.2) is 73.8 Å². The summed E-state index contributed by atoms with van der Waals surface area (Å²) in [6.45, 7) is 0.912. The first-order chi connectivity index (χ1) is 20.2. The molecule has 1 aromatic heterocycles. The van der Waals surface area contributed by atoms with Gasteiger partial charge in [-0.3, -0.25) is 9.78 Å². The van der Waals surface area contributed by atoms with Crippen molar-refractivity contribution in [1.29, 1.82) is 0 Å². The molecule has 0 radical (unpaired) electrons. The molecule has 1 amide bonds. The van der Waals surface area contributed by atoms with E-state index < -0.39 is 27.8 Å². The van der Waals surface area contributed by atoms with Gasteiger partial charge in [0.25, 0.3) is 0 Å². The third-order valence-corrected chi connectivity index (χ3v) is 11.2. The van der Waals surface area contributed by atoms with Gasteiger partial charge in [-0.15, -0.1) is 0 Å². The Hall–Kier alpha value is -2.51. The lowest BCUT2D eigenvalue weighted by atomic mass is 9.72. The molecular formula is C30H41F2N5O4S. The van der Waals surface area contributed by atoms with Gasteiger partial charge in [0.1, 0.15) is 11.6 Å². The third kappa shape index (κ3) is 6.99. The molecule has 2 aliphatic heterocycles. The van der Waals surface area contributed by atoms with Crippen LogP contribution in [-0.2, 0) is 26.0 Å². The Balaban J connectivity index is 1.32. The third-order valence-electron chi connectivity index (χ3n) is 9.26. The zero-order valence-corrected chi connectivity index (χ0v) is 24.8. The number of aromatic nitrogens is 1. The Labute approximate surface area is 246 Å². The number of pyridine rings is 1. The summed E-state index contributed by atoms with van der Waals surface area (Å²) >= 11 is 0. The number of hydrogen-bond donors (Lipinski definition) is 3. The number of benzene rings is 1. The van der Waals surface area contributed by atoms with E-state index in [1.165, 1.54) is 18.3 Å². The van der Waals surface area contributed by atoms with Crippen molar-refractivity contribution in [3.05, 3.63) is 59.4 Å². The summed E-state index contributed by atoms with van der Waals surface area (Å²) in [5, 5.41) is 6.25. The minimum Gasteiger partial charge on any atom is -0.381 e. The van der Waals surface area contributed by atoms with Crippen LogP contribution in [0.4, 0.5) is 14.5 Å². The number of ether oxygens (including phenoxy) is 1. The maximum atomic E-state index is 15.1. The topological polar surface area (TPSA) is 127 Å². The van der Waals surface area contributed by atoms with Gasteiger partial charge in [0.15, 0.2) is 0 Å². The Kier molecular flexibility index (Phi) is 9.88. The predicted molar refractivity (Wildman–Crippen MR) is 156 cm³/mol. The SMILES string of the molecule is COC1CCC([C@H](c2ccc(F)cc2)[C@H](N)C(=O)Nc2cncc(F)c2CC[C@H]2CN[C@@H]3CCCS(=O)(=O)N2C3)CC1. The second-order valence-electron chi connectivity index (χ2n) is 11.8. The van der Waals surface area contributed by atoms with Crippen LogP contribution in [0.1, 0.15) is 62.0 Å². The van der Waals surface area contributed by atoms with E-state index in [4.69, 9.17) is 10.5 Å². The zero-order valence-electron chi connectivity index (χ0n) is 24.0. The number of halogens is 2. The van der Waals surface area contributed by atoms with Gasteiger partial charge in [0, 0.05) is 43.8 Å². The largest absolute Gasteiger partial charge is 0.381 e. The number of rotatable bonds is 9. The smallest absolute Gasteiger partial charge is 0.241 e. The molecule has 1 unspecified atom stereocenters. The zero-order chi connectivity index (χ0) is 29.9. The molecule has 5 atom stereocenters. The minimum atomic E-state index is -3.38. The summed E-state index contributed by atoms with van der Waals surface area (Å²) in [6.07, 6.45) is 7.99. The van der Waals surface area contributed by atoms with Crippen LogP contribution in [0.15, 0.2) is 36.7 Å². The van der Waals surface area contributed by atoms with Crippen LogP contribution in [0, 0.1) is 17.6 Å². The molecule has 42 heavy (non-hydrogen) atoms. The molecule has 2 bridgehead atoms. The fourth-order valence-corrected chi connectivity index (χ4v) is 8.71. The van der Waals surface area contributed by atoms with Gasteiger partial charge in [-0.05, 0) is 75.0 Å². The number of carbonyl (C=O) groups excluding carboxylic acids is 1. The Bertz CT molecular complexity index is 1340. The van der Waals surface area contributed by atoms with Crippen molar-refractivity contribution in [3.63, 3.8) is 0 Å². The lowest BCUT2D eigenvalue weighted by molar-refractivity contribution is -0.118. The molecule has 3 heterocycles. The van der Waals surface area contributed by atoms with Crippen LogP contribution in [0.3, 0.4) is 0 Å². The van der Waals surface area contributed by atoms with E-state index in [1.54, 1.807) is 23.5 Å². The van der Waals surface area contributed by atoms with E-state index in [2.05, 4.69) is 15.6 Å². The quantitative estimate of drug-likeness (QED) is 0.400. The lowest BCUT2D eigenvalue weighted by Crippen LogP contribution is -2.57. The van der Waals surface area contributed by atoms with Gasteiger partial charge in [0.2, 0.25) is 15.9 Å². The number of piperazine rings is 1. The fourth-order valence-electron chi connectivity index (χ4n) is 6.90. The predicted octanol–water partition coefficient (Wildman–Crippen LogP) is 3.31. The number of fused-ring (bicyclic) bond motifs is 2. The Morgan fingerprint density at radius 1 is 1.17 bits per heavy atom. The minimum absolute atomic E-state index is 0.0888. The molecule has 2 aromatic rings. The van der Waals surface area contributed by atoms with Crippen LogP contribution in [0.5, 0.6) is 0 Å². The van der Waals surface area contributed by atoms with Gasteiger partial charge in [-0.25, -0.2) is 17.2 Å². The molecule has 9 nitrogen and oxygen atoms in total. The number of nitrogens with one attached hydrogen (secondary N) is 2. The number of anilines is 1. The summed E-state index contributed by atoms with van der Waals surface area (Å²) < 4.78 is 61.7. The molecular weight excluding hydrogens is 564 g/mol. The highest BCUT2D eigenvalue weighted by molar-refractivity contribution is 7.89. The Morgan fingerprint density at radius 3 is 2.62 bits per heavy atom. The van der Waals surface area contributed by atoms with Gasteiger partial charge in [-0.1, -0.05) is 12.1 Å². The molecule has 3 fully saturated rings. The lowest BCUT2D eigenvalue weighted by Gasteiger charge is -2.37. The summed E-state index contributed by atoms with van der Waals surface area (Å²) in [5.41, 5.74) is 7.88. The van der Waals surface area contributed by atoms with Gasteiger partial charge < -0.3 is 21.1 Å². The number of nitrogens with zero attached hydrogens (tertiary/aromatic N) is 2. The molecule has 5 rings (SSSR count). The van der Waals surface area contributed by atoms with Crippen molar-refractivity contribution in [3.8, 4) is 0 Å². The molecule has 2 saturated heterocycles. The molecule has 4 N–H and O–H groups in total. The van der Waals surface area contributed by atoms with E-state index in [0.717, 1.165) is 43.9 Å². The highest BCUT2D eigenvalue weighted by Gasteiger charge is 2.39. The van der Waals surface area contributed by atoms with Crippen LogP contribution in [0.25, 0.3) is 0 Å². The molecule has 1 aromatic carbocycles. The van der Waals surface area contributed by atoms with Crippen molar-refractivity contribution >= 4 is 21.6 Å². The summed E-state index contributed by atoms with van der Waals surface area (Å²) in [7, 11) is -1.69. The van der Waals surface area contributed by atoms with Crippen molar-refractivity contribution in [2.24, 2.45) is 11.7 Å². The number of amides is 1. The summed E-state index contributed by atoms with van der Waals surface area (Å²) in [4.78, 5) is 17.6. The highest BCUT2D eigenvalue weighted by Crippen LogP contribution is 2.39. The molecule has 0 spiro atoms. The van der Waals surface area contributed by atoms with E-state index in [-0.39, 0.29) is 59.3 Å². The first kappa shape index (κ1) is 30.9. The fraction of sp³-hybridized carbons (Fsp3) is 0.600. The van der Waals surface area contributed by atoms with Crippen LogP contribution >= 0.6 is 0 Å². The van der Waals surface area contributed by atoms with E-state index in [0.29, 0.717) is 25.9 Å². The van der Waals surface area contributed by atoms with Crippen molar-refractivity contribution in [1.82, 2.24) is 14.6 Å². The summed E-state index contributed by atoms with van der Waals surface area (Å²) in [5.74, 6) is -1.59. The average Bonchev–Trinajstić information content (AvgIpc) is 3.10. The number of nitrogens with two attached hydrogens (primary N) is 1. The summed E-state index contributed by atoms with van der Waals surface area (Å²) in [6, 6.07) is 4.93. The van der Waals surface area contributed by atoms with Crippen molar-refractivity contribution < 1.29 is 26.7 Å². The maximum absolute atomic E-state index is 15.1. The normalized spacial score (nSPS) is 28.8. The molecule has 1 aliphatic carbocycles. The van der Waals surface area contributed by atoms with Gasteiger partial charge >= 0.3 is 0 Å². The molecule has 1 saturated carbocycles. The second kappa shape index (κ2) is 13.4. The standard InChI is InChI=1S/C30H41F2N5O4S/c1-41-24-11-6-20(7-12-24)28(19-4-8-21(31)9-5-19)29(33)30(38)36-27-17-34-16-26(32)25(27)13-10-23-15-35-22-3-2-14-42(39,40)37(23)18-22/h4-5,8-9,16-17,20,22-24,28-29,35H,2-3,6-7,10-15,18,33H2,1H3,(H,36,38)/t20?,22-,23+,24?,28+,29+/m1/s1. The number of sulfonamides is 1. The van der Waals surface area contributed by atoms with Crippen molar-refractivity contribution in [2.75, 3.05) is 31.3 Å². The van der Waals surface area contributed by atoms with Crippen LogP contribution in [0.2, 0.25) is 0 Å². The van der Waals surface area contributed by atoms with Gasteiger partial charge in [0.05, 0.1) is 36.0 Å². The maximum Gasteiger partial charge on any atom is 0.241 e. The molecule has 230 valence electrons. The van der Waals surface area contributed by atoms with Crippen molar-refractivity contribution in [2.45, 2.75) is 81.5 Å². The highest BCUT2D eigenvalue weighted by atomic mass is 32.2. The first-order valence-electron chi connectivity index (χ1n) is 14.9. The first-order valence-corrected chi connectivity index (χ1v) is 16.5. The number of methoxy groups -OCH3 is 1.